The van der Waals surface area contributed by atoms with E-state index in [4.69, 9.17) is 9.97 Å². The van der Waals surface area contributed by atoms with Crippen LogP contribution in [0.3, 0.4) is 0 Å². The summed E-state index contributed by atoms with van der Waals surface area (Å²) in [7, 11) is 6.97. The molecule has 2 amide bonds. The van der Waals surface area contributed by atoms with Crippen molar-refractivity contribution < 1.29 is 28.7 Å². The molecule has 4 N–H and O–H groups in total. The van der Waals surface area contributed by atoms with Gasteiger partial charge < -0.3 is 39.7 Å². The topological polar surface area (TPSA) is 175 Å². The van der Waals surface area contributed by atoms with Gasteiger partial charge in [-0.25, -0.2) is 19.6 Å². The molecule has 14 nitrogen and oxygen atoms in total. The average molecular weight is 915 g/mol. The highest BCUT2D eigenvalue weighted by molar-refractivity contribution is 5.86. The molecular formula is C53H70N8O6. The molecule has 358 valence electrons. The van der Waals surface area contributed by atoms with Crippen LogP contribution in [0.5, 0.6) is 0 Å². The molecule has 2 aromatic heterocycles. The first kappa shape index (κ1) is 49.1. The van der Waals surface area contributed by atoms with Crippen molar-refractivity contribution in [1.29, 1.82) is 0 Å². The van der Waals surface area contributed by atoms with Crippen molar-refractivity contribution in [3.05, 3.63) is 83.6 Å². The molecule has 1 saturated carbocycles. The van der Waals surface area contributed by atoms with E-state index < -0.39 is 24.3 Å². The van der Waals surface area contributed by atoms with Gasteiger partial charge in [-0.15, -0.1) is 0 Å². The normalized spacial score (nSPS) is 22.9. The maximum atomic E-state index is 10.6. The summed E-state index contributed by atoms with van der Waals surface area (Å²) in [6.45, 7) is 13.2. The van der Waals surface area contributed by atoms with Crippen molar-refractivity contribution >= 4 is 35.8 Å². The summed E-state index contributed by atoms with van der Waals surface area (Å²) < 4.78 is 8.65. The minimum absolute atomic E-state index is 0.0894. The summed E-state index contributed by atoms with van der Waals surface area (Å²) >= 11 is 0. The number of hydrogen-bond donors (Lipinski definition) is 4. The van der Waals surface area contributed by atoms with E-state index in [9.17, 15) is 19.2 Å². The number of fused-ring (bicyclic) bond motifs is 6. The van der Waals surface area contributed by atoms with Gasteiger partial charge in [0, 0.05) is 12.6 Å². The highest BCUT2D eigenvalue weighted by Crippen LogP contribution is 2.58. The Morgan fingerprint density at radius 1 is 0.716 bits per heavy atom. The van der Waals surface area contributed by atoms with Gasteiger partial charge >= 0.3 is 12.2 Å². The number of carbonyl (C=O) groups excluding carboxylic acids is 4. The largest absolute Gasteiger partial charge is 0.453 e. The first-order valence-corrected chi connectivity index (χ1v) is 24.0. The van der Waals surface area contributed by atoms with Gasteiger partial charge in [0.25, 0.3) is 0 Å². The zero-order chi connectivity index (χ0) is 48.1. The van der Waals surface area contributed by atoms with Gasteiger partial charge in [0.1, 0.15) is 24.2 Å². The number of ether oxygens (including phenoxy) is 2. The molecule has 0 spiro atoms. The molecule has 2 aliphatic carbocycles. The van der Waals surface area contributed by atoms with Gasteiger partial charge in [-0.2, -0.15) is 0 Å². The average Bonchev–Trinajstić information content (AvgIpc) is 4.21. The smallest absolute Gasteiger partial charge is 0.407 e. The number of alkyl carbamates (subject to hydrolysis) is 2. The Labute approximate surface area is 395 Å². The van der Waals surface area contributed by atoms with Crippen LogP contribution in [-0.2, 0) is 19.1 Å². The highest BCUT2D eigenvalue weighted by Gasteiger charge is 2.40. The number of nitrogens with zero attached hydrogens (tertiary/aromatic N) is 4. The minimum atomic E-state index is -0.573. The summed E-state index contributed by atoms with van der Waals surface area (Å²) in [6.07, 6.45) is 9.75. The first-order valence-electron chi connectivity index (χ1n) is 24.0. The van der Waals surface area contributed by atoms with E-state index in [0.717, 1.165) is 34.9 Å². The Morgan fingerprint density at radius 3 is 1.79 bits per heavy atom. The van der Waals surface area contributed by atoms with E-state index in [-0.39, 0.29) is 11.8 Å². The van der Waals surface area contributed by atoms with Gasteiger partial charge in [-0.1, -0.05) is 77.1 Å². The molecule has 8 unspecified atom stereocenters. The zero-order valence-corrected chi connectivity index (χ0v) is 40.9. The van der Waals surface area contributed by atoms with Crippen molar-refractivity contribution in [2.24, 2.45) is 17.8 Å². The number of likely N-dealkylation sites (tertiary alicyclic amines) is 2. The fourth-order valence-corrected chi connectivity index (χ4v) is 10.5. The van der Waals surface area contributed by atoms with E-state index >= 15 is 0 Å². The molecule has 3 aromatic carbocycles. The van der Waals surface area contributed by atoms with Crippen molar-refractivity contribution in [2.45, 2.75) is 122 Å². The fraction of sp³-hybridized carbons (Fsp3) is 0.509. The lowest BCUT2D eigenvalue weighted by Crippen LogP contribution is -2.39. The molecule has 14 heteroatoms. The van der Waals surface area contributed by atoms with Gasteiger partial charge in [-0.3, -0.25) is 9.80 Å². The van der Waals surface area contributed by atoms with Gasteiger partial charge in [0.2, 0.25) is 0 Å². The zero-order valence-electron chi connectivity index (χ0n) is 40.9. The van der Waals surface area contributed by atoms with Crippen LogP contribution in [0.15, 0.2) is 60.8 Å². The molecule has 3 fully saturated rings. The maximum absolute atomic E-state index is 10.6. The number of methoxy groups -OCH3 is 2. The van der Waals surface area contributed by atoms with Crippen LogP contribution in [0.4, 0.5) is 9.59 Å². The number of aldehydes is 2. The number of nitrogens with one attached hydrogen (secondary N) is 4. The number of hydrogen-bond acceptors (Lipinski definition) is 10. The molecule has 2 saturated heterocycles. The molecule has 0 radical (unpaired) electrons. The van der Waals surface area contributed by atoms with Crippen LogP contribution in [0.1, 0.15) is 127 Å². The summed E-state index contributed by atoms with van der Waals surface area (Å²) in [5.41, 5.74) is 13.2. The molecular weight excluding hydrogens is 845 g/mol. The molecule has 2 aliphatic heterocycles. The van der Waals surface area contributed by atoms with Crippen LogP contribution in [-0.4, -0.2) is 107 Å². The van der Waals surface area contributed by atoms with Gasteiger partial charge in [0.05, 0.1) is 61.3 Å². The van der Waals surface area contributed by atoms with Crippen LogP contribution in [0.25, 0.3) is 44.5 Å². The van der Waals surface area contributed by atoms with E-state index in [1.54, 1.807) is 11.1 Å². The maximum Gasteiger partial charge on any atom is 0.407 e. The van der Waals surface area contributed by atoms with Crippen molar-refractivity contribution in [1.82, 2.24) is 40.4 Å². The van der Waals surface area contributed by atoms with Crippen molar-refractivity contribution in [3.63, 3.8) is 0 Å². The summed E-state index contributed by atoms with van der Waals surface area (Å²) in [5.74, 6) is 4.43. The second-order valence-corrected chi connectivity index (χ2v) is 19.8. The standard InChI is InChI=1S/C39H44N6.2C7H13NO3/c1-22-17-35(44(3)21-22)39-41-31-15-12-26(19-32(31)42-39)30-14-13-29(36-27-10-11-28(18-27)37(30)36)24-6-8-25(9-7-24)33-20-40-38(43-33)34-16-5-23(2)45(34)4;2*1-5(2)6(4-9)8-7(10)11-3/h6-9,12-15,19-20,22-23,27-28,34-35H,5,10-11,16-18,21H2,1-4H3,(H,40,43)(H,41,42);2*4-6H,1-3H3,(H,8,10). The Hall–Kier alpha value is -5.86. The lowest BCUT2D eigenvalue weighted by Gasteiger charge is -2.23. The number of aromatic nitrogens is 4. The quantitative estimate of drug-likeness (QED) is 0.0934. The summed E-state index contributed by atoms with van der Waals surface area (Å²) in [4.78, 5) is 63.9. The number of imidazole rings is 2. The third-order valence-electron chi connectivity index (χ3n) is 14.6. The Morgan fingerprint density at radius 2 is 1.28 bits per heavy atom. The Kier molecular flexibility index (Phi) is 15.7. The first-order chi connectivity index (χ1) is 32.1. The predicted molar refractivity (Wildman–Crippen MR) is 263 cm³/mol. The van der Waals surface area contributed by atoms with Gasteiger partial charge in [-0.05, 0) is 140 Å². The molecule has 4 aliphatic rings. The highest BCUT2D eigenvalue weighted by atomic mass is 16.5. The van der Waals surface area contributed by atoms with Crippen LogP contribution >= 0.6 is 0 Å². The lowest BCUT2D eigenvalue weighted by molar-refractivity contribution is -0.111. The molecule has 2 bridgehead atoms. The number of rotatable bonds is 11. The minimum Gasteiger partial charge on any atom is -0.453 e. The van der Waals surface area contributed by atoms with E-state index in [0.29, 0.717) is 48.5 Å². The fourth-order valence-electron chi connectivity index (χ4n) is 10.5. The SMILES string of the molecule is CC1CC(c2nc3ccc(-c4ccc(-c5ccc(-c6cnc(C7CCC(C)N7C)[nH]6)cc5)c5c4C4CCC5C4)cc3[nH]2)N(C)C1.COC(=O)NC(C=O)C(C)C.COC(=O)NC(C=O)C(C)C. The number of H-pyrrole nitrogens is 2. The van der Waals surface area contributed by atoms with Crippen LogP contribution in [0, 0.1) is 17.8 Å². The number of benzene rings is 3. The lowest BCUT2D eigenvalue weighted by atomic mass is 9.81. The molecule has 9 rings (SSSR count). The van der Waals surface area contributed by atoms with E-state index in [2.05, 4.69) is 122 Å². The summed E-state index contributed by atoms with van der Waals surface area (Å²) in [5, 5.41) is 4.77. The third-order valence-corrected chi connectivity index (χ3v) is 14.6. The van der Waals surface area contributed by atoms with E-state index in [1.807, 2.05) is 33.9 Å². The summed E-state index contributed by atoms with van der Waals surface area (Å²) in [6, 6.07) is 21.3. The Bertz CT molecular complexity index is 2480. The van der Waals surface area contributed by atoms with Crippen molar-refractivity contribution in [2.75, 3.05) is 34.9 Å². The third kappa shape index (κ3) is 10.8. The number of amides is 2. The molecule has 4 heterocycles. The Balaban J connectivity index is 0.000000252. The molecule has 5 aromatic rings. The second-order valence-electron chi connectivity index (χ2n) is 19.8. The number of carbonyl (C=O) groups is 4. The number of aromatic amines is 2. The predicted octanol–water partition coefficient (Wildman–Crippen LogP) is 9.95. The van der Waals surface area contributed by atoms with E-state index in [1.165, 1.54) is 80.6 Å². The molecule has 67 heavy (non-hydrogen) atoms. The second kappa shape index (κ2) is 21.4. The van der Waals surface area contributed by atoms with Crippen LogP contribution in [0.2, 0.25) is 0 Å². The van der Waals surface area contributed by atoms with Crippen molar-refractivity contribution in [3.8, 4) is 33.5 Å². The van der Waals surface area contributed by atoms with Crippen LogP contribution < -0.4 is 10.6 Å². The monoisotopic (exact) mass is 915 g/mol. The molecule has 8 atom stereocenters. The van der Waals surface area contributed by atoms with Gasteiger partial charge in [0.15, 0.2) is 0 Å².